The molecule has 94 valence electrons. The van der Waals surface area contributed by atoms with E-state index in [1.165, 1.54) is 0 Å². The number of rotatable bonds is 4. The van der Waals surface area contributed by atoms with E-state index in [9.17, 15) is 4.79 Å². The first-order chi connectivity index (χ1) is 8.60. The maximum absolute atomic E-state index is 10.7. The summed E-state index contributed by atoms with van der Waals surface area (Å²) in [5.41, 5.74) is 6.94. The van der Waals surface area contributed by atoms with Gasteiger partial charge < -0.3 is 15.6 Å². The fraction of sp³-hybridized carbons (Fsp3) is 0.231. The Balaban J connectivity index is 2.30. The van der Waals surface area contributed by atoms with Crippen LogP contribution >= 0.6 is 0 Å². The predicted molar refractivity (Wildman–Crippen MR) is 67.6 cm³/mol. The number of aliphatic carboxylic acids is 1. The summed E-state index contributed by atoms with van der Waals surface area (Å²) in [5.74, 6) is -0.258. The van der Waals surface area contributed by atoms with Gasteiger partial charge in [-0.15, -0.1) is 0 Å². The number of hydrogen-bond donors (Lipinski definition) is 2. The Bertz CT molecular complexity index is 583. The van der Waals surface area contributed by atoms with Crippen LogP contribution in [0, 0.1) is 0 Å². The lowest BCUT2D eigenvalue weighted by atomic mass is 10.1. The molecule has 0 fully saturated rings. The van der Waals surface area contributed by atoms with Crippen molar-refractivity contribution in [3.8, 4) is 5.75 Å². The SMILES string of the molecule is COc1ccc2nc(CC(N)C(=O)O)ccc2c1. The predicted octanol–water partition coefficient (Wildman–Crippen LogP) is 1.20. The monoisotopic (exact) mass is 246 g/mol. The van der Waals surface area contributed by atoms with Crippen LogP contribution in [0.25, 0.3) is 10.9 Å². The van der Waals surface area contributed by atoms with Gasteiger partial charge in [0.15, 0.2) is 0 Å². The number of ether oxygens (including phenoxy) is 1. The van der Waals surface area contributed by atoms with Crippen LogP contribution in [0.2, 0.25) is 0 Å². The molecule has 1 heterocycles. The molecule has 1 unspecified atom stereocenters. The van der Waals surface area contributed by atoms with Crippen molar-refractivity contribution >= 4 is 16.9 Å². The Morgan fingerprint density at radius 1 is 1.44 bits per heavy atom. The number of methoxy groups -OCH3 is 1. The second kappa shape index (κ2) is 5.01. The summed E-state index contributed by atoms with van der Waals surface area (Å²) in [7, 11) is 1.61. The molecule has 2 aromatic rings. The fourth-order valence-electron chi connectivity index (χ4n) is 1.70. The molecule has 0 amide bonds. The quantitative estimate of drug-likeness (QED) is 0.846. The van der Waals surface area contributed by atoms with Gasteiger partial charge in [-0.05, 0) is 24.3 Å². The zero-order chi connectivity index (χ0) is 13.1. The highest BCUT2D eigenvalue weighted by atomic mass is 16.5. The summed E-state index contributed by atoms with van der Waals surface area (Å²) in [5, 5.41) is 9.70. The Morgan fingerprint density at radius 3 is 2.89 bits per heavy atom. The minimum atomic E-state index is -1.02. The largest absolute Gasteiger partial charge is 0.497 e. The molecule has 18 heavy (non-hydrogen) atoms. The lowest BCUT2D eigenvalue weighted by Gasteiger charge is -2.07. The average molecular weight is 246 g/mol. The van der Waals surface area contributed by atoms with Crippen LogP contribution in [0.4, 0.5) is 0 Å². The number of benzene rings is 1. The van der Waals surface area contributed by atoms with Gasteiger partial charge >= 0.3 is 5.97 Å². The van der Waals surface area contributed by atoms with Crippen molar-refractivity contribution in [2.24, 2.45) is 5.73 Å². The third kappa shape index (κ3) is 2.57. The summed E-state index contributed by atoms with van der Waals surface area (Å²) in [6.07, 6.45) is 0.220. The minimum absolute atomic E-state index is 0.220. The maximum Gasteiger partial charge on any atom is 0.320 e. The van der Waals surface area contributed by atoms with Gasteiger partial charge in [0.1, 0.15) is 11.8 Å². The summed E-state index contributed by atoms with van der Waals surface area (Å²) in [4.78, 5) is 15.1. The van der Waals surface area contributed by atoms with Crippen LogP contribution in [0.15, 0.2) is 30.3 Å². The Kier molecular flexibility index (Phi) is 3.43. The van der Waals surface area contributed by atoms with E-state index < -0.39 is 12.0 Å². The first kappa shape index (κ1) is 12.3. The van der Waals surface area contributed by atoms with Crippen LogP contribution in [0.1, 0.15) is 5.69 Å². The van der Waals surface area contributed by atoms with Crippen LogP contribution in [-0.4, -0.2) is 29.2 Å². The maximum atomic E-state index is 10.7. The number of carboxylic acid groups (broad SMARTS) is 1. The number of nitrogens with two attached hydrogens (primary N) is 1. The molecule has 0 saturated carbocycles. The van der Waals surface area contributed by atoms with Gasteiger partial charge in [0.2, 0.25) is 0 Å². The molecule has 1 aromatic heterocycles. The van der Waals surface area contributed by atoms with Crippen LogP contribution in [-0.2, 0) is 11.2 Å². The van der Waals surface area contributed by atoms with Crippen molar-refractivity contribution in [3.63, 3.8) is 0 Å². The average Bonchev–Trinajstić information content (AvgIpc) is 2.37. The van der Waals surface area contributed by atoms with Gasteiger partial charge in [0.25, 0.3) is 0 Å². The van der Waals surface area contributed by atoms with Crippen molar-refractivity contribution in [3.05, 3.63) is 36.0 Å². The zero-order valence-corrected chi connectivity index (χ0v) is 9.96. The summed E-state index contributed by atoms with van der Waals surface area (Å²) < 4.78 is 5.12. The number of carbonyl (C=O) groups is 1. The van der Waals surface area contributed by atoms with Crippen LogP contribution in [0.5, 0.6) is 5.75 Å². The molecule has 0 radical (unpaired) electrons. The second-order valence-electron chi connectivity index (χ2n) is 4.01. The Hall–Kier alpha value is -2.14. The van der Waals surface area contributed by atoms with E-state index in [-0.39, 0.29) is 6.42 Å². The van der Waals surface area contributed by atoms with Crippen LogP contribution < -0.4 is 10.5 Å². The first-order valence-electron chi connectivity index (χ1n) is 5.52. The molecule has 0 bridgehead atoms. The summed E-state index contributed by atoms with van der Waals surface area (Å²) >= 11 is 0. The number of fused-ring (bicyclic) bond motifs is 1. The minimum Gasteiger partial charge on any atom is -0.497 e. The van der Waals surface area contributed by atoms with Crippen LogP contribution in [0.3, 0.4) is 0 Å². The molecule has 5 heteroatoms. The Labute approximate surface area is 104 Å². The third-order valence-corrected chi connectivity index (χ3v) is 2.70. The summed E-state index contributed by atoms with van der Waals surface area (Å²) in [6, 6.07) is 8.27. The third-order valence-electron chi connectivity index (χ3n) is 2.70. The van der Waals surface area contributed by atoms with E-state index in [0.717, 1.165) is 16.7 Å². The van der Waals surface area contributed by atoms with E-state index >= 15 is 0 Å². The van der Waals surface area contributed by atoms with Crippen molar-refractivity contribution in [1.29, 1.82) is 0 Å². The van der Waals surface area contributed by atoms with E-state index in [1.807, 2.05) is 24.3 Å². The molecular weight excluding hydrogens is 232 g/mol. The van der Waals surface area contributed by atoms with E-state index in [2.05, 4.69) is 4.98 Å². The molecule has 0 aliphatic rings. The number of pyridine rings is 1. The topological polar surface area (TPSA) is 85.4 Å². The normalized spacial score (nSPS) is 12.3. The Morgan fingerprint density at radius 2 is 2.22 bits per heavy atom. The smallest absolute Gasteiger partial charge is 0.320 e. The molecule has 0 saturated heterocycles. The highest BCUT2D eigenvalue weighted by molar-refractivity contribution is 5.80. The lowest BCUT2D eigenvalue weighted by Crippen LogP contribution is -2.32. The highest BCUT2D eigenvalue weighted by Gasteiger charge is 2.13. The van der Waals surface area contributed by atoms with Crippen molar-refractivity contribution in [2.75, 3.05) is 7.11 Å². The van der Waals surface area contributed by atoms with Gasteiger partial charge in [-0.25, -0.2) is 0 Å². The first-order valence-corrected chi connectivity index (χ1v) is 5.52. The molecular formula is C13H14N2O3. The standard InChI is InChI=1S/C13H14N2O3/c1-18-10-4-5-12-8(6-10)2-3-9(15-12)7-11(14)13(16)17/h2-6,11H,7,14H2,1H3,(H,16,17). The molecule has 3 N–H and O–H groups in total. The number of nitrogens with zero attached hydrogens (tertiary/aromatic N) is 1. The van der Waals surface area contributed by atoms with Crippen molar-refractivity contribution in [2.45, 2.75) is 12.5 Å². The van der Waals surface area contributed by atoms with E-state index in [4.69, 9.17) is 15.6 Å². The lowest BCUT2D eigenvalue weighted by molar-refractivity contribution is -0.138. The van der Waals surface area contributed by atoms with Crippen molar-refractivity contribution in [1.82, 2.24) is 4.98 Å². The number of hydrogen-bond acceptors (Lipinski definition) is 4. The highest BCUT2D eigenvalue weighted by Crippen LogP contribution is 2.19. The second-order valence-corrected chi connectivity index (χ2v) is 4.01. The molecule has 1 atom stereocenters. The van der Waals surface area contributed by atoms with Gasteiger partial charge in [0, 0.05) is 17.5 Å². The number of carboxylic acids is 1. The molecule has 0 aliphatic carbocycles. The molecule has 0 spiro atoms. The van der Waals surface area contributed by atoms with E-state index in [0.29, 0.717) is 5.69 Å². The van der Waals surface area contributed by atoms with Gasteiger partial charge in [0.05, 0.1) is 12.6 Å². The van der Waals surface area contributed by atoms with Crippen molar-refractivity contribution < 1.29 is 14.6 Å². The van der Waals surface area contributed by atoms with E-state index in [1.54, 1.807) is 13.2 Å². The van der Waals surface area contributed by atoms with Gasteiger partial charge in [-0.2, -0.15) is 0 Å². The number of aromatic nitrogens is 1. The molecule has 2 rings (SSSR count). The molecule has 5 nitrogen and oxygen atoms in total. The van der Waals surface area contributed by atoms with Gasteiger partial charge in [-0.3, -0.25) is 9.78 Å². The summed E-state index contributed by atoms with van der Waals surface area (Å²) in [6.45, 7) is 0. The molecule has 0 aliphatic heterocycles. The fourth-order valence-corrected chi connectivity index (χ4v) is 1.70. The zero-order valence-electron chi connectivity index (χ0n) is 9.96. The van der Waals surface area contributed by atoms with Gasteiger partial charge in [-0.1, -0.05) is 6.07 Å². The molecule has 1 aromatic carbocycles.